The molecule has 0 saturated carbocycles. The van der Waals surface area contributed by atoms with Gasteiger partial charge in [0.2, 0.25) is 5.91 Å². The molecule has 0 heterocycles. The van der Waals surface area contributed by atoms with Crippen LogP contribution in [0.5, 0.6) is 0 Å². The zero-order valence-corrected chi connectivity index (χ0v) is 13.8. The number of hydrogen-bond acceptors (Lipinski definition) is 2. The fraction of sp³-hybridized carbons (Fsp3) is 0.263. The first-order valence-electron chi connectivity index (χ1n) is 7.73. The number of halogens is 1. The van der Waals surface area contributed by atoms with Crippen LogP contribution in [0.2, 0.25) is 0 Å². The van der Waals surface area contributed by atoms with Gasteiger partial charge in [-0.15, -0.1) is 0 Å². The second kappa shape index (κ2) is 7.73. The van der Waals surface area contributed by atoms with Gasteiger partial charge in [-0.1, -0.05) is 30.3 Å². The summed E-state index contributed by atoms with van der Waals surface area (Å²) < 4.78 is 13.6. The summed E-state index contributed by atoms with van der Waals surface area (Å²) in [5.41, 5.74) is 7.26. The Bertz CT molecular complexity index is 711. The van der Waals surface area contributed by atoms with E-state index in [0.29, 0.717) is 12.0 Å². The van der Waals surface area contributed by atoms with Crippen molar-refractivity contribution in [1.29, 1.82) is 0 Å². The Balaban J connectivity index is 2.24. The fourth-order valence-electron chi connectivity index (χ4n) is 2.69. The van der Waals surface area contributed by atoms with Crippen LogP contribution in [0.3, 0.4) is 0 Å². The van der Waals surface area contributed by atoms with Gasteiger partial charge in [0.25, 0.3) is 5.91 Å². The van der Waals surface area contributed by atoms with E-state index in [9.17, 15) is 14.0 Å². The van der Waals surface area contributed by atoms with Crippen molar-refractivity contribution in [2.45, 2.75) is 25.8 Å². The highest BCUT2D eigenvalue weighted by Crippen LogP contribution is 2.16. The third-order valence-corrected chi connectivity index (χ3v) is 3.91. The van der Waals surface area contributed by atoms with Gasteiger partial charge in [0.05, 0.1) is 0 Å². The van der Waals surface area contributed by atoms with E-state index in [4.69, 9.17) is 5.73 Å². The number of aryl methyl sites for hydroxylation is 1. The van der Waals surface area contributed by atoms with Crippen LogP contribution in [0.1, 0.15) is 27.9 Å². The maximum atomic E-state index is 13.6. The lowest BCUT2D eigenvalue weighted by molar-refractivity contribution is -0.118. The largest absolute Gasteiger partial charge is 0.370 e. The predicted octanol–water partition coefficient (Wildman–Crippen LogP) is 2.69. The number of nitrogens with two attached hydrogens (primary N) is 1. The number of carbonyl (C=O) groups excluding carboxylic acids is 2. The Labute approximate surface area is 141 Å². The lowest BCUT2D eigenvalue weighted by Gasteiger charge is -2.28. The number of amides is 2. The summed E-state index contributed by atoms with van der Waals surface area (Å²) in [7, 11) is 1.61. The van der Waals surface area contributed by atoms with Crippen molar-refractivity contribution in [1.82, 2.24) is 4.90 Å². The van der Waals surface area contributed by atoms with Crippen LogP contribution in [-0.4, -0.2) is 29.8 Å². The quantitative estimate of drug-likeness (QED) is 0.886. The highest BCUT2D eigenvalue weighted by molar-refractivity contribution is 5.94. The first-order chi connectivity index (χ1) is 11.4. The van der Waals surface area contributed by atoms with E-state index in [-0.39, 0.29) is 23.9 Å². The van der Waals surface area contributed by atoms with E-state index < -0.39 is 11.7 Å². The van der Waals surface area contributed by atoms with Gasteiger partial charge in [0, 0.05) is 25.1 Å². The summed E-state index contributed by atoms with van der Waals surface area (Å²) in [6.07, 6.45) is 0.547. The van der Waals surface area contributed by atoms with Crippen molar-refractivity contribution in [3.8, 4) is 0 Å². The number of likely N-dealkylation sites (N-methyl/N-ethyl adjacent to an activating group) is 1. The average Bonchev–Trinajstić information content (AvgIpc) is 2.52. The number of nitrogens with zero attached hydrogens (tertiary/aromatic N) is 1. The molecule has 24 heavy (non-hydrogen) atoms. The summed E-state index contributed by atoms with van der Waals surface area (Å²) >= 11 is 0. The van der Waals surface area contributed by atoms with E-state index in [1.807, 2.05) is 30.3 Å². The molecule has 5 heteroatoms. The standard InChI is InChI=1S/C19H21FN2O2/c1-13-8-15(11-16(20)9-13)19(24)22(2)17(12-18(21)23)10-14-6-4-3-5-7-14/h3-9,11,17H,10,12H2,1-2H3,(H2,21,23)/t17-/m0/s1. The molecule has 0 bridgehead atoms. The molecule has 0 aliphatic carbocycles. The number of benzene rings is 2. The van der Waals surface area contributed by atoms with Crippen molar-refractivity contribution in [2.75, 3.05) is 7.05 Å². The summed E-state index contributed by atoms with van der Waals surface area (Å²) in [6.45, 7) is 1.73. The molecule has 126 valence electrons. The van der Waals surface area contributed by atoms with Gasteiger partial charge in [-0.2, -0.15) is 0 Å². The number of hydrogen-bond donors (Lipinski definition) is 1. The summed E-state index contributed by atoms with van der Waals surface area (Å²) in [4.78, 5) is 25.5. The van der Waals surface area contributed by atoms with Crippen molar-refractivity contribution in [2.24, 2.45) is 5.73 Å². The first-order valence-corrected chi connectivity index (χ1v) is 7.73. The summed E-state index contributed by atoms with van der Waals surface area (Å²) in [5.74, 6) is -1.27. The summed E-state index contributed by atoms with van der Waals surface area (Å²) in [5, 5.41) is 0. The second-order valence-electron chi connectivity index (χ2n) is 5.95. The first kappa shape index (κ1) is 17.7. The van der Waals surface area contributed by atoms with Crippen LogP contribution < -0.4 is 5.73 Å². The molecule has 0 aliphatic rings. The third kappa shape index (κ3) is 4.65. The molecule has 0 saturated heterocycles. The number of carbonyl (C=O) groups is 2. The second-order valence-corrected chi connectivity index (χ2v) is 5.95. The highest BCUT2D eigenvalue weighted by Gasteiger charge is 2.23. The minimum Gasteiger partial charge on any atom is -0.370 e. The Morgan fingerprint density at radius 2 is 1.83 bits per heavy atom. The number of rotatable bonds is 6. The maximum absolute atomic E-state index is 13.6. The van der Waals surface area contributed by atoms with E-state index in [2.05, 4.69) is 0 Å². The maximum Gasteiger partial charge on any atom is 0.253 e. The van der Waals surface area contributed by atoms with Crippen LogP contribution in [0, 0.1) is 12.7 Å². The van der Waals surface area contributed by atoms with Crippen LogP contribution >= 0.6 is 0 Å². The molecule has 0 fully saturated rings. The molecular weight excluding hydrogens is 307 g/mol. The Kier molecular flexibility index (Phi) is 5.68. The van der Waals surface area contributed by atoms with Crippen molar-refractivity contribution in [3.05, 3.63) is 71.0 Å². The van der Waals surface area contributed by atoms with Gasteiger partial charge >= 0.3 is 0 Å². The smallest absolute Gasteiger partial charge is 0.253 e. The molecule has 4 nitrogen and oxygen atoms in total. The van der Waals surface area contributed by atoms with Crippen LogP contribution in [0.4, 0.5) is 4.39 Å². The zero-order chi connectivity index (χ0) is 17.7. The monoisotopic (exact) mass is 328 g/mol. The lowest BCUT2D eigenvalue weighted by Crippen LogP contribution is -2.41. The van der Waals surface area contributed by atoms with E-state index in [1.54, 1.807) is 20.0 Å². The van der Waals surface area contributed by atoms with Gasteiger partial charge in [-0.05, 0) is 42.7 Å². The van der Waals surface area contributed by atoms with Gasteiger partial charge in [0.1, 0.15) is 5.82 Å². The molecule has 0 radical (unpaired) electrons. The van der Waals surface area contributed by atoms with Gasteiger partial charge in [0.15, 0.2) is 0 Å². The normalized spacial score (nSPS) is 11.8. The molecule has 2 rings (SSSR count). The molecule has 2 aromatic carbocycles. The molecule has 2 aromatic rings. The van der Waals surface area contributed by atoms with Crippen LogP contribution in [0.15, 0.2) is 48.5 Å². The molecule has 0 unspecified atom stereocenters. The Morgan fingerprint density at radius 3 is 2.42 bits per heavy atom. The predicted molar refractivity (Wildman–Crippen MR) is 91.0 cm³/mol. The lowest BCUT2D eigenvalue weighted by atomic mass is 10.0. The van der Waals surface area contributed by atoms with Gasteiger partial charge in [-0.3, -0.25) is 9.59 Å². The highest BCUT2D eigenvalue weighted by atomic mass is 19.1. The van der Waals surface area contributed by atoms with E-state index in [0.717, 1.165) is 5.56 Å². The minimum absolute atomic E-state index is 0.0471. The Morgan fingerprint density at radius 1 is 1.17 bits per heavy atom. The molecule has 1 atom stereocenters. The van der Waals surface area contributed by atoms with Crippen molar-refractivity contribution >= 4 is 11.8 Å². The van der Waals surface area contributed by atoms with Gasteiger partial charge < -0.3 is 10.6 Å². The molecule has 0 spiro atoms. The van der Waals surface area contributed by atoms with Gasteiger partial charge in [-0.25, -0.2) is 4.39 Å². The van der Waals surface area contributed by atoms with Crippen LogP contribution in [0.25, 0.3) is 0 Å². The van der Waals surface area contributed by atoms with Crippen LogP contribution in [-0.2, 0) is 11.2 Å². The fourth-order valence-corrected chi connectivity index (χ4v) is 2.69. The number of primary amides is 1. The molecule has 2 amide bonds. The topological polar surface area (TPSA) is 63.4 Å². The SMILES string of the molecule is Cc1cc(F)cc(C(=O)N(C)[C@H](CC(N)=O)Cc2ccccc2)c1. The third-order valence-electron chi connectivity index (χ3n) is 3.91. The molecule has 0 aromatic heterocycles. The minimum atomic E-state index is -0.481. The molecule has 2 N–H and O–H groups in total. The van der Waals surface area contributed by atoms with Crippen molar-refractivity contribution in [3.63, 3.8) is 0 Å². The van der Waals surface area contributed by atoms with E-state index >= 15 is 0 Å². The van der Waals surface area contributed by atoms with E-state index in [1.165, 1.54) is 17.0 Å². The zero-order valence-electron chi connectivity index (χ0n) is 13.8. The van der Waals surface area contributed by atoms with Crippen molar-refractivity contribution < 1.29 is 14.0 Å². The molecular formula is C19H21FN2O2. The average molecular weight is 328 g/mol. The summed E-state index contributed by atoms with van der Waals surface area (Å²) in [6, 6.07) is 13.4. The molecule has 0 aliphatic heterocycles. The Hall–Kier alpha value is -2.69.